The first-order valence-electron chi connectivity index (χ1n) is 6.05. The van der Waals surface area contributed by atoms with Gasteiger partial charge in [-0.25, -0.2) is 4.39 Å². The van der Waals surface area contributed by atoms with Gasteiger partial charge in [-0.3, -0.25) is 0 Å². The van der Waals surface area contributed by atoms with Crippen molar-refractivity contribution in [3.63, 3.8) is 0 Å². The summed E-state index contributed by atoms with van der Waals surface area (Å²) in [5, 5.41) is 2.18. The van der Waals surface area contributed by atoms with Gasteiger partial charge in [0.05, 0.1) is 5.56 Å². The van der Waals surface area contributed by atoms with Gasteiger partial charge in [-0.1, -0.05) is 44.4 Å². The first-order chi connectivity index (χ1) is 8.69. The quantitative estimate of drug-likeness (QED) is 0.620. The average Bonchev–Trinajstić information content (AvgIpc) is 2.41. The van der Waals surface area contributed by atoms with Crippen molar-refractivity contribution < 1.29 is 4.39 Å². The second kappa shape index (κ2) is 6.42. The largest absolute Gasteiger partial charge is 0.206 e. The fourth-order valence-electron chi connectivity index (χ4n) is 1.89. The highest BCUT2D eigenvalue weighted by molar-refractivity contribution is 6.35. The second-order valence-electron chi connectivity index (χ2n) is 3.55. The van der Waals surface area contributed by atoms with Crippen molar-refractivity contribution in [3.8, 4) is 12.3 Å². The van der Waals surface area contributed by atoms with E-state index in [0.717, 1.165) is 22.8 Å². The number of benzene rings is 2. The van der Waals surface area contributed by atoms with Crippen LogP contribution < -0.4 is 0 Å². The molecule has 0 atom stereocenters. The first kappa shape index (κ1) is 14.5. The molecule has 18 heavy (non-hydrogen) atoms. The summed E-state index contributed by atoms with van der Waals surface area (Å²) in [7, 11) is 0. The molecule has 2 aromatic rings. The molecule has 0 saturated heterocycles. The summed E-state index contributed by atoms with van der Waals surface area (Å²) < 4.78 is 13.6. The summed E-state index contributed by atoms with van der Waals surface area (Å²) in [5.41, 5.74) is 1.32. The van der Waals surface area contributed by atoms with E-state index in [4.69, 9.17) is 18.0 Å². The van der Waals surface area contributed by atoms with E-state index in [1.807, 2.05) is 32.9 Å². The van der Waals surface area contributed by atoms with Crippen LogP contribution in [0.4, 0.5) is 4.39 Å². The van der Waals surface area contributed by atoms with Crippen LogP contribution in [-0.2, 0) is 6.42 Å². The molecule has 2 rings (SSSR count). The minimum Gasteiger partial charge on any atom is -0.206 e. The Labute approximate surface area is 113 Å². The van der Waals surface area contributed by atoms with Crippen LogP contribution in [0.1, 0.15) is 31.9 Å². The van der Waals surface area contributed by atoms with Crippen LogP contribution in [0.5, 0.6) is 0 Å². The summed E-state index contributed by atoms with van der Waals surface area (Å²) in [4.78, 5) is 0. The maximum atomic E-state index is 13.6. The zero-order valence-corrected chi connectivity index (χ0v) is 11.6. The van der Waals surface area contributed by atoms with Crippen molar-refractivity contribution >= 4 is 22.4 Å². The molecular weight excluding hydrogens is 247 g/mol. The van der Waals surface area contributed by atoms with E-state index in [-0.39, 0.29) is 5.82 Å². The summed E-state index contributed by atoms with van der Waals surface area (Å²) >= 11 is 6.08. The number of halogens is 2. The predicted molar refractivity (Wildman–Crippen MR) is 77.6 cm³/mol. The lowest BCUT2D eigenvalue weighted by atomic mass is 9.97. The van der Waals surface area contributed by atoms with Crippen LogP contribution in [0.15, 0.2) is 24.3 Å². The van der Waals surface area contributed by atoms with Crippen LogP contribution in [-0.4, -0.2) is 0 Å². The predicted octanol–water partition coefficient (Wildman–Crippen LogP) is 5.20. The summed E-state index contributed by atoms with van der Waals surface area (Å²) in [6, 6.07) is 6.75. The standard InChI is InChI=1S/C14H10ClF.C2H6/c1-3-9-5-7-12(15)11-6-8-13(16)10(4-2)14(9)11;1-2/h2,5-8H,3H2,1H3;1-2H3. The molecule has 0 N–H and O–H groups in total. The van der Waals surface area contributed by atoms with Crippen LogP contribution in [0.25, 0.3) is 10.8 Å². The Balaban J connectivity index is 0.000000771. The maximum Gasteiger partial charge on any atom is 0.139 e. The van der Waals surface area contributed by atoms with Crippen LogP contribution in [0.3, 0.4) is 0 Å². The molecule has 0 aliphatic carbocycles. The van der Waals surface area contributed by atoms with Crippen molar-refractivity contribution in [1.29, 1.82) is 0 Å². The van der Waals surface area contributed by atoms with Gasteiger partial charge < -0.3 is 0 Å². The number of fused-ring (bicyclic) bond motifs is 1. The lowest BCUT2D eigenvalue weighted by molar-refractivity contribution is 0.626. The first-order valence-corrected chi connectivity index (χ1v) is 6.43. The molecule has 0 fully saturated rings. The highest BCUT2D eigenvalue weighted by atomic mass is 35.5. The van der Waals surface area contributed by atoms with Crippen molar-refractivity contribution in [2.75, 3.05) is 0 Å². The minimum absolute atomic E-state index is 0.303. The van der Waals surface area contributed by atoms with Crippen LogP contribution >= 0.6 is 11.6 Å². The van der Waals surface area contributed by atoms with Gasteiger partial charge in [-0.15, -0.1) is 6.42 Å². The molecular formula is C16H16ClF. The van der Waals surface area contributed by atoms with Gasteiger partial charge in [0.2, 0.25) is 0 Å². The molecule has 0 unspecified atom stereocenters. The Morgan fingerprint density at radius 1 is 1.22 bits per heavy atom. The van der Waals surface area contributed by atoms with Crippen molar-refractivity contribution in [2.45, 2.75) is 27.2 Å². The van der Waals surface area contributed by atoms with Gasteiger partial charge in [-0.05, 0) is 30.2 Å². The lowest BCUT2D eigenvalue weighted by Gasteiger charge is -2.09. The molecule has 0 saturated carbocycles. The van der Waals surface area contributed by atoms with E-state index >= 15 is 0 Å². The van der Waals surface area contributed by atoms with Gasteiger partial charge in [-0.2, -0.15) is 0 Å². The molecule has 0 amide bonds. The van der Waals surface area contributed by atoms with Gasteiger partial charge >= 0.3 is 0 Å². The van der Waals surface area contributed by atoms with E-state index in [1.54, 1.807) is 6.07 Å². The van der Waals surface area contributed by atoms with Crippen LogP contribution in [0, 0.1) is 18.2 Å². The third kappa shape index (κ3) is 2.49. The van der Waals surface area contributed by atoms with E-state index in [0.29, 0.717) is 10.6 Å². The molecule has 2 heteroatoms. The number of aryl methyl sites for hydroxylation is 1. The molecule has 0 aromatic heterocycles. The fourth-order valence-corrected chi connectivity index (χ4v) is 2.11. The highest BCUT2D eigenvalue weighted by Gasteiger charge is 2.11. The number of rotatable bonds is 1. The monoisotopic (exact) mass is 262 g/mol. The Bertz CT molecular complexity index is 594. The minimum atomic E-state index is -0.369. The van der Waals surface area contributed by atoms with Gasteiger partial charge in [0.25, 0.3) is 0 Å². The molecule has 0 bridgehead atoms. The summed E-state index contributed by atoms with van der Waals surface area (Å²) in [5.74, 6) is 2.04. The maximum absolute atomic E-state index is 13.6. The fraction of sp³-hybridized carbons (Fsp3) is 0.250. The third-order valence-electron chi connectivity index (χ3n) is 2.69. The zero-order chi connectivity index (χ0) is 13.7. The normalized spacial score (nSPS) is 9.56. The van der Waals surface area contributed by atoms with E-state index in [1.165, 1.54) is 6.07 Å². The third-order valence-corrected chi connectivity index (χ3v) is 3.02. The Hall–Kier alpha value is -1.52. The lowest BCUT2D eigenvalue weighted by Crippen LogP contribution is -1.92. The van der Waals surface area contributed by atoms with Crippen molar-refractivity contribution in [1.82, 2.24) is 0 Å². The van der Waals surface area contributed by atoms with Gasteiger partial charge in [0.15, 0.2) is 0 Å². The molecule has 0 heterocycles. The second-order valence-corrected chi connectivity index (χ2v) is 3.96. The molecule has 94 valence electrons. The molecule has 0 aliphatic heterocycles. The SMILES string of the molecule is C#Cc1c(F)ccc2c(Cl)ccc(CC)c12.CC. The molecule has 0 spiro atoms. The van der Waals surface area contributed by atoms with E-state index in [2.05, 4.69) is 5.92 Å². The molecule has 0 nitrogen and oxygen atoms in total. The number of hydrogen-bond donors (Lipinski definition) is 0. The topological polar surface area (TPSA) is 0 Å². The molecule has 0 radical (unpaired) electrons. The summed E-state index contributed by atoms with van der Waals surface area (Å²) in [6.45, 7) is 6.01. The molecule has 0 aliphatic rings. The van der Waals surface area contributed by atoms with Gasteiger partial charge in [0, 0.05) is 15.8 Å². The average molecular weight is 263 g/mol. The smallest absolute Gasteiger partial charge is 0.139 e. The molecule has 2 aromatic carbocycles. The highest BCUT2D eigenvalue weighted by Crippen LogP contribution is 2.30. The van der Waals surface area contributed by atoms with Gasteiger partial charge in [0.1, 0.15) is 5.82 Å². The zero-order valence-electron chi connectivity index (χ0n) is 10.8. The van der Waals surface area contributed by atoms with Crippen molar-refractivity contribution in [3.05, 3.63) is 46.2 Å². The van der Waals surface area contributed by atoms with Crippen LogP contribution in [0.2, 0.25) is 5.02 Å². The van der Waals surface area contributed by atoms with E-state index in [9.17, 15) is 4.39 Å². The number of terminal acetylenes is 1. The summed E-state index contributed by atoms with van der Waals surface area (Å²) in [6.07, 6.45) is 6.15. The van der Waals surface area contributed by atoms with Crippen molar-refractivity contribution in [2.24, 2.45) is 0 Å². The Morgan fingerprint density at radius 3 is 2.44 bits per heavy atom. The Morgan fingerprint density at radius 2 is 1.89 bits per heavy atom. The number of hydrogen-bond acceptors (Lipinski definition) is 0. The van der Waals surface area contributed by atoms with E-state index < -0.39 is 0 Å². The Kier molecular flexibility index (Phi) is 5.19.